The highest BCUT2D eigenvalue weighted by atomic mass is 16.5. The van der Waals surface area contributed by atoms with Crippen LogP contribution in [0, 0.1) is 0 Å². The molecule has 6 nitrogen and oxygen atoms in total. The van der Waals surface area contributed by atoms with Crippen molar-refractivity contribution in [3.05, 3.63) is 18.2 Å². The van der Waals surface area contributed by atoms with E-state index in [4.69, 9.17) is 10.5 Å². The number of nitrogens with zero attached hydrogens (tertiary/aromatic N) is 4. The molecule has 0 aliphatic rings. The third kappa shape index (κ3) is 2.13. The third-order valence-electron chi connectivity index (χ3n) is 2.56. The molecule has 0 aliphatic carbocycles. The van der Waals surface area contributed by atoms with Crippen LogP contribution in [0.2, 0.25) is 0 Å². The van der Waals surface area contributed by atoms with Crippen LogP contribution in [0.3, 0.4) is 0 Å². The van der Waals surface area contributed by atoms with E-state index in [1.54, 1.807) is 4.68 Å². The van der Waals surface area contributed by atoms with Gasteiger partial charge in [-0.15, -0.1) is 5.10 Å². The first-order chi connectivity index (χ1) is 8.65. The highest BCUT2D eigenvalue weighted by molar-refractivity contribution is 5.77. The number of hydrogen-bond acceptors (Lipinski definition) is 5. The molecule has 0 unspecified atom stereocenters. The minimum atomic E-state index is 0.157. The van der Waals surface area contributed by atoms with Gasteiger partial charge in [0.25, 0.3) is 0 Å². The molecule has 0 amide bonds. The second-order valence-corrected chi connectivity index (χ2v) is 4.19. The van der Waals surface area contributed by atoms with Crippen molar-refractivity contribution in [2.45, 2.75) is 26.8 Å². The van der Waals surface area contributed by atoms with Crippen LogP contribution in [0.1, 0.15) is 26.8 Å². The number of aromatic nitrogens is 4. The monoisotopic (exact) mass is 247 g/mol. The van der Waals surface area contributed by atoms with Crippen LogP contribution in [0.5, 0.6) is 5.75 Å². The molecule has 0 spiro atoms. The van der Waals surface area contributed by atoms with Gasteiger partial charge in [-0.25, -0.2) is 4.68 Å². The number of nitrogen functional groups attached to an aromatic ring is 1. The summed E-state index contributed by atoms with van der Waals surface area (Å²) in [6.45, 7) is 6.52. The van der Waals surface area contributed by atoms with Gasteiger partial charge in [0.15, 0.2) is 5.82 Å². The lowest BCUT2D eigenvalue weighted by atomic mass is 10.1. The van der Waals surface area contributed by atoms with Crippen molar-refractivity contribution in [1.29, 1.82) is 0 Å². The van der Waals surface area contributed by atoms with Crippen LogP contribution in [-0.4, -0.2) is 26.8 Å². The largest absolute Gasteiger partial charge is 0.493 e. The van der Waals surface area contributed by atoms with Crippen molar-refractivity contribution in [3.63, 3.8) is 0 Å². The fourth-order valence-corrected chi connectivity index (χ4v) is 1.77. The van der Waals surface area contributed by atoms with E-state index >= 15 is 0 Å². The lowest BCUT2D eigenvalue weighted by molar-refractivity contribution is 0.341. The molecule has 0 atom stereocenters. The average molecular weight is 247 g/mol. The quantitative estimate of drug-likeness (QED) is 0.835. The van der Waals surface area contributed by atoms with E-state index in [-0.39, 0.29) is 6.04 Å². The maximum Gasteiger partial charge on any atom is 0.188 e. The van der Waals surface area contributed by atoms with Crippen molar-refractivity contribution in [3.8, 4) is 17.1 Å². The average Bonchev–Trinajstić information content (AvgIpc) is 2.78. The molecule has 2 N–H and O–H groups in total. The van der Waals surface area contributed by atoms with Gasteiger partial charge in [0.05, 0.1) is 18.2 Å². The van der Waals surface area contributed by atoms with Gasteiger partial charge in [0.2, 0.25) is 0 Å². The van der Waals surface area contributed by atoms with Crippen molar-refractivity contribution in [2.75, 3.05) is 12.3 Å². The zero-order valence-electron chi connectivity index (χ0n) is 10.8. The van der Waals surface area contributed by atoms with Crippen LogP contribution < -0.4 is 10.5 Å². The minimum Gasteiger partial charge on any atom is -0.493 e. The van der Waals surface area contributed by atoms with Gasteiger partial charge in [0, 0.05) is 5.69 Å². The SMILES string of the molecule is CCOc1cccc(N)c1-c1nnnn1C(C)C. The third-order valence-corrected chi connectivity index (χ3v) is 2.56. The van der Waals surface area contributed by atoms with E-state index in [9.17, 15) is 0 Å². The predicted molar refractivity (Wildman–Crippen MR) is 69.2 cm³/mol. The molecule has 6 heteroatoms. The van der Waals surface area contributed by atoms with Crippen LogP contribution in [0.25, 0.3) is 11.4 Å². The molecule has 2 aromatic rings. The van der Waals surface area contributed by atoms with Gasteiger partial charge in [-0.2, -0.15) is 0 Å². The summed E-state index contributed by atoms with van der Waals surface area (Å²) in [7, 11) is 0. The van der Waals surface area contributed by atoms with Crippen molar-refractivity contribution in [2.24, 2.45) is 0 Å². The van der Waals surface area contributed by atoms with Gasteiger partial charge in [-0.3, -0.25) is 0 Å². The Kier molecular flexibility index (Phi) is 3.45. The molecule has 96 valence electrons. The Morgan fingerprint density at radius 2 is 2.17 bits per heavy atom. The fraction of sp³-hybridized carbons (Fsp3) is 0.417. The molecular formula is C12H17N5O. The first-order valence-electron chi connectivity index (χ1n) is 5.94. The summed E-state index contributed by atoms with van der Waals surface area (Å²) < 4.78 is 7.32. The zero-order chi connectivity index (χ0) is 13.1. The van der Waals surface area contributed by atoms with E-state index in [1.807, 2.05) is 39.0 Å². The highest BCUT2D eigenvalue weighted by Gasteiger charge is 2.18. The van der Waals surface area contributed by atoms with E-state index in [0.29, 0.717) is 23.9 Å². The van der Waals surface area contributed by atoms with Gasteiger partial charge in [0.1, 0.15) is 5.75 Å². The van der Waals surface area contributed by atoms with Crippen molar-refractivity contribution >= 4 is 5.69 Å². The summed E-state index contributed by atoms with van der Waals surface area (Å²) in [6, 6.07) is 5.70. The van der Waals surface area contributed by atoms with Crippen LogP contribution in [-0.2, 0) is 0 Å². The standard InChI is InChI=1S/C12H17N5O/c1-4-18-10-7-5-6-9(13)11(10)12-14-15-16-17(12)8(2)3/h5-8H,4,13H2,1-3H3. The van der Waals surface area contributed by atoms with Gasteiger partial charge >= 0.3 is 0 Å². The van der Waals surface area contributed by atoms with Crippen molar-refractivity contribution < 1.29 is 4.74 Å². The number of tetrazole rings is 1. The molecule has 0 saturated carbocycles. The Morgan fingerprint density at radius 3 is 2.83 bits per heavy atom. The molecule has 1 aromatic heterocycles. The second kappa shape index (κ2) is 5.03. The summed E-state index contributed by atoms with van der Waals surface area (Å²) in [5.41, 5.74) is 7.38. The molecule has 1 heterocycles. The van der Waals surface area contributed by atoms with E-state index < -0.39 is 0 Å². The number of anilines is 1. The first kappa shape index (κ1) is 12.3. The fourth-order valence-electron chi connectivity index (χ4n) is 1.77. The minimum absolute atomic E-state index is 0.157. The maximum atomic E-state index is 6.02. The summed E-state index contributed by atoms with van der Waals surface area (Å²) >= 11 is 0. The van der Waals surface area contributed by atoms with Crippen molar-refractivity contribution in [1.82, 2.24) is 20.2 Å². The Balaban J connectivity index is 2.58. The Labute approximate surface area is 106 Å². The number of hydrogen-bond donors (Lipinski definition) is 1. The number of rotatable bonds is 4. The summed E-state index contributed by atoms with van der Waals surface area (Å²) in [6.07, 6.45) is 0. The smallest absolute Gasteiger partial charge is 0.188 e. The van der Waals surface area contributed by atoms with Crippen LogP contribution in [0.4, 0.5) is 5.69 Å². The van der Waals surface area contributed by atoms with Crippen LogP contribution >= 0.6 is 0 Å². The Bertz CT molecular complexity index is 535. The topological polar surface area (TPSA) is 78.8 Å². The summed E-state index contributed by atoms with van der Waals surface area (Å²) in [4.78, 5) is 0. The molecule has 0 saturated heterocycles. The molecule has 0 aliphatic heterocycles. The first-order valence-corrected chi connectivity index (χ1v) is 5.94. The summed E-state index contributed by atoms with van der Waals surface area (Å²) in [5, 5.41) is 11.7. The lowest BCUT2D eigenvalue weighted by Crippen LogP contribution is -2.07. The normalized spacial score (nSPS) is 10.9. The maximum absolute atomic E-state index is 6.02. The highest BCUT2D eigenvalue weighted by Crippen LogP contribution is 2.34. The molecule has 18 heavy (non-hydrogen) atoms. The van der Waals surface area contributed by atoms with E-state index in [1.165, 1.54) is 0 Å². The molecule has 2 rings (SSSR count). The van der Waals surface area contributed by atoms with Gasteiger partial charge in [-0.05, 0) is 43.3 Å². The molecule has 0 fully saturated rings. The molecule has 0 radical (unpaired) electrons. The lowest BCUT2D eigenvalue weighted by Gasteiger charge is -2.13. The predicted octanol–water partition coefficient (Wildman–Crippen LogP) is 1.90. The zero-order valence-corrected chi connectivity index (χ0v) is 10.8. The van der Waals surface area contributed by atoms with E-state index in [2.05, 4.69) is 15.5 Å². The molecule has 1 aromatic carbocycles. The van der Waals surface area contributed by atoms with Gasteiger partial charge in [-0.1, -0.05) is 6.07 Å². The Morgan fingerprint density at radius 1 is 1.39 bits per heavy atom. The number of ether oxygens (including phenoxy) is 1. The number of nitrogens with two attached hydrogens (primary N) is 1. The Hall–Kier alpha value is -2.11. The molecule has 0 bridgehead atoms. The van der Waals surface area contributed by atoms with Crippen LogP contribution in [0.15, 0.2) is 18.2 Å². The summed E-state index contributed by atoms with van der Waals surface area (Å²) in [5.74, 6) is 1.33. The number of benzene rings is 1. The molecular weight excluding hydrogens is 230 g/mol. The van der Waals surface area contributed by atoms with Gasteiger partial charge < -0.3 is 10.5 Å². The van der Waals surface area contributed by atoms with E-state index in [0.717, 1.165) is 5.56 Å². The second-order valence-electron chi connectivity index (χ2n) is 4.19.